The van der Waals surface area contributed by atoms with E-state index in [0.717, 1.165) is 23.5 Å². The fourth-order valence-corrected chi connectivity index (χ4v) is 27.3. The highest BCUT2D eigenvalue weighted by molar-refractivity contribution is 8.08. The van der Waals surface area contributed by atoms with Gasteiger partial charge in [0.1, 0.15) is 59.3 Å². The molecule has 0 saturated carbocycles. The van der Waals surface area contributed by atoms with Crippen molar-refractivity contribution in [3.8, 4) is 0 Å². The highest BCUT2D eigenvalue weighted by atomic mass is 32.5. The Balaban J connectivity index is 0.000000215. The zero-order valence-electron chi connectivity index (χ0n) is 60.8. The molecule has 14 heterocycles. The summed E-state index contributed by atoms with van der Waals surface area (Å²) in [4.78, 5) is 146. The molecule has 0 radical (unpaired) electrons. The summed E-state index contributed by atoms with van der Waals surface area (Å²) < 4.78 is 68.4. The van der Waals surface area contributed by atoms with Crippen molar-refractivity contribution in [1.82, 2.24) is 78.1 Å². The molecule has 0 aliphatic carbocycles. The van der Waals surface area contributed by atoms with E-state index in [1.54, 1.807) is 23.2 Å². The van der Waals surface area contributed by atoms with E-state index in [-0.39, 0.29) is 105 Å². The number of nitrogens with two attached hydrogens (primary N) is 4. The second-order valence-corrected chi connectivity index (χ2v) is 54.3. The predicted molar refractivity (Wildman–Crippen MR) is 431 cm³/mol. The molecule has 0 aromatic carbocycles. The molecule has 14 rings (SSSR count). The highest BCUT2D eigenvalue weighted by Crippen LogP contribution is 2.62. The smallest absolute Gasteiger partial charge is 0.325 e. The van der Waals surface area contributed by atoms with Crippen LogP contribution in [0.2, 0.25) is 36.3 Å². The van der Waals surface area contributed by atoms with Crippen molar-refractivity contribution < 1.29 is 86.3 Å². The SMILES string of the molecule is CC(C)(C)[Si](C)(C)O[C@H]1[C@H]2OP([O-])(=S)OC[C@H]3S[C@@H](n4cnc5c(=O)[nH]c(N)nc54)[C@H](OP([O-])(=S)OC[C@H]1S[C@H]2n1cnc2c(=O)[nH]c(N)nc21)[C@@H]3O[Si](C)(C)C(C)(C)C.C[NH3+].C[NH3+].Nc1nc2c(ncn2[C@@H]2S[C@@H]3COP(O)(=S)O[C@@H]4[C@H](O)[C@@H](COP(O)(=S)O[C@@H]2[C@@H]3O)S[C@H]4n2cnc3c(=O)[nH]c(N)nc32)c(=O)[nH]1. The van der Waals surface area contributed by atoms with Gasteiger partial charge in [-0.25, -0.2) is 19.9 Å². The summed E-state index contributed by atoms with van der Waals surface area (Å²) in [6.07, 6.45) is -3.87. The number of nitrogen functional groups attached to an aromatic ring is 4. The van der Waals surface area contributed by atoms with Gasteiger partial charge in [-0.1, -0.05) is 65.2 Å². The lowest BCUT2D eigenvalue weighted by Crippen LogP contribution is -2.51. The number of aliphatic hydroxyl groups is 2. The third-order valence-electron chi connectivity index (χ3n) is 19.2. The number of nitrogens with zero attached hydrogens (tertiary/aromatic N) is 12. The van der Waals surface area contributed by atoms with E-state index in [2.05, 4.69) is 113 Å². The quantitative estimate of drug-likeness (QED) is 0.0689. The molecular formula is C54H86N22O20P4S8Si2. The lowest BCUT2D eigenvalue weighted by molar-refractivity contribution is -0.325. The van der Waals surface area contributed by atoms with Crippen LogP contribution < -0.4 is 66.4 Å². The number of hydrogen-bond acceptors (Lipinski definition) is 38. The van der Waals surface area contributed by atoms with Gasteiger partial charge in [-0.2, -0.15) is 19.9 Å². The Hall–Kier alpha value is -3.69. The normalized spacial score (nSPS) is 33.3. The van der Waals surface area contributed by atoms with Gasteiger partial charge in [0.25, 0.3) is 22.2 Å². The van der Waals surface area contributed by atoms with Crippen molar-refractivity contribution in [2.24, 2.45) is 0 Å². The lowest BCUT2D eigenvalue weighted by atomic mass is 10.1. The molecule has 6 aliphatic heterocycles. The number of rotatable bonds is 8. The Labute approximate surface area is 665 Å². The first-order chi connectivity index (χ1) is 51.3. The van der Waals surface area contributed by atoms with E-state index in [1.807, 2.05) is 26.2 Å². The maximum absolute atomic E-state index is 14.7. The zero-order valence-corrected chi connectivity index (χ0v) is 73.0. The summed E-state index contributed by atoms with van der Waals surface area (Å²) in [5.41, 5.74) is 28.0. The molecule has 42 nitrogen and oxygen atoms in total. The lowest BCUT2D eigenvalue weighted by Gasteiger charge is -2.44. The van der Waals surface area contributed by atoms with E-state index in [4.69, 9.17) is 115 Å². The van der Waals surface area contributed by atoms with Gasteiger partial charge in [0.15, 0.2) is 61.3 Å². The van der Waals surface area contributed by atoms with Crippen LogP contribution in [0.25, 0.3) is 44.7 Å². The number of aromatic nitrogens is 16. The fraction of sp³-hybridized carbons (Fsp3) is 0.630. The second kappa shape index (κ2) is 33.0. The van der Waals surface area contributed by atoms with E-state index in [1.165, 1.54) is 58.0 Å². The van der Waals surface area contributed by atoms with Gasteiger partial charge in [0.05, 0.1) is 111 Å². The van der Waals surface area contributed by atoms with Crippen molar-refractivity contribution >= 4 is 206 Å². The van der Waals surface area contributed by atoms with Gasteiger partial charge < -0.3 is 100 Å². The molecule has 6 aliphatic rings. The first-order valence-corrected chi connectivity index (χ1v) is 53.4. The Morgan fingerprint density at radius 1 is 0.473 bits per heavy atom. The van der Waals surface area contributed by atoms with Gasteiger partial charge in [0, 0.05) is 0 Å². The summed E-state index contributed by atoms with van der Waals surface area (Å²) in [7, 11) is -1.82. The van der Waals surface area contributed by atoms with Gasteiger partial charge in [-0.3, -0.25) is 66.4 Å². The van der Waals surface area contributed by atoms with Crippen LogP contribution >= 0.6 is 73.9 Å². The van der Waals surface area contributed by atoms with Crippen LogP contribution in [0.3, 0.4) is 0 Å². The van der Waals surface area contributed by atoms with Crippen LogP contribution in [0.5, 0.6) is 0 Å². The molecule has 8 aromatic heterocycles. The standard InChI is InChI=1S/C32H52N10O10P2S4Si2.C20H24N10O10P2S4.2CH5N/c1-31(2,3)59(7,8)51-19-15-11-47-54(46,56)50-22-20(52-60(9,10)32(4,5)6)16(58-28(22)42-14-36-18-24(42)38-30(34)40-26(18)44)12-48-53(45,55)49-21(19)27(57-15)41-13-35-17-23(41)37-29(33)39-25(17)43;21-19-25-13-7(15(33)27-19)23-3-29(13)17-11-9(31)5(45-17)1-37-41(35,43)39-12-10(32)6(2-38-42(36,44)40-11)46-18(12)30-4-24-8-14(30)26-20(22)28-16(8)34;2*1-2/h13-16,19-22,27-28H,11-12H2,1-10H3,(H,45,55)(H,46,56)(H3,33,37,39,43)(H3,34,38,40,44);3-6,9-12,17-18,31-32H,1-2H2,(H,35,43)(H,36,44)(H3,21,25,27,33)(H3,22,26,28,34);2*2H2,1H3/t15-,16-,19-,20-,21-,22-,27-,28-,53?,54?;5-,6-,9-,10-,11-,12-,17-,18-,41?,42?;;/m11../s1. The van der Waals surface area contributed by atoms with Gasteiger partial charge >= 0.3 is 13.4 Å². The van der Waals surface area contributed by atoms with Crippen molar-refractivity contribution in [3.63, 3.8) is 0 Å². The maximum Gasteiger partial charge on any atom is 0.325 e. The first-order valence-electron chi connectivity index (χ1n) is 33.5. The van der Waals surface area contributed by atoms with Crippen molar-refractivity contribution in [2.75, 3.05) is 63.5 Å². The molecule has 6 fully saturated rings. The number of H-pyrrole nitrogens is 4. The monoisotopic (exact) mass is 1800 g/mol. The topological polar surface area (TPSA) is 633 Å². The molecule has 8 aromatic rings. The first kappa shape index (κ1) is 87.2. The summed E-state index contributed by atoms with van der Waals surface area (Å²) in [6.45, 7) is 2.17. The molecule has 6 saturated heterocycles. The average Bonchev–Trinajstić information content (AvgIpc) is 1.59. The number of nitrogens with one attached hydrogen (secondary N) is 4. The highest BCUT2D eigenvalue weighted by Gasteiger charge is 2.57. The molecule has 0 spiro atoms. The Morgan fingerprint density at radius 2 is 0.718 bits per heavy atom. The van der Waals surface area contributed by atoms with Crippen LogP contribution in [0.1, 0.15) is 63.0 Å². The molecule has 8 bridgehead atoms. The molecule has 56 heteroatoms. The molecule has 22 N–H and O–H groups in total. The third-order valence-corrected chi connectivity index (χ3v) is 40.5. The van der Waals surface area contributed by atoms with Crippen LogP contribution in [-0.4, -0.2) is 225 Å². The Kier molecular flexibility index (Phi) is 26.2. The van der Waals surface area contributed by atoms with Crippen LogP contribution in [0.4, 0.5) is 23.8 Å². The van der Waals surface area contributed by atoms with Crippen LogP contribution in [-0.2, 0) is 92.3 Å². The van der Waals surface area contributed by atoms with Gasteiger partial charge in [0.2, 0.25) is 23.8 Å². The predicted octanol–water partition coefficient (Wildman–Crippen LogP) is -0.253. The van der Waals surface area contributed by atoms with E-state index >= 15 is 0 Å². The zero-order chi connectivity index (χ0) is 80.8. The number of aromatic amines is 4. The minimum atomic E-state index is -4.42. The Morgan fingerprint density at radius 3 is 0.982 bits per heavy atom. The minimum absolute atomic E-state index is 0.0146. The van der Waals surface area contributed by atoms with E-state index < -0.39 is 157 Å². The fourth-order valence-electron chi connectivity index (χ4n) is 12.0. The largest absolute Gasteiger partial charge is 0.780 e. The molecule has 0 amide bonds. The molecule has 20 atom stereocenters. The average molecular weight is 1800 g/mol. The number of aliphatic hydroxyl groups excluding tert-OH is 2. The summed E-state index contributed by atoms with van der Waals surface area (Å²) >= 11 is 26.7. The second-order valence-electron chi connectivity index (χ2n) is 28.3. The number of fused-ring (bicyclic) bond motifs is 12. The van der Waals surface area contributed by atoms with Gasteiger partial charge in [-0.05, 0) is 59.9 Å². The number of anilines is 4. The molecular weight excluding hydrogens is 1710 g/mol. The number of hydrogen-bond donors (Lipinski definition) is 14. The van der Waals surface area contributed by atoms with Gasteiger partial charge in [-0.15, -0.1) is 47.0 Å². The Bertz CT molecular complexity index is 4890. The number of quaternary nitrogens is 2. The van der Waals surface area contributed by atoms with E-state index in [9.17, 15) is 49.0 Å². The maximum atomic E-state index is 14.7. The number of imidazole rings is 4. The molecule has 4 unspecified atom stereocenters. The van der Waals surface area contributed by atoms with Crippen LogP contribution in [0.15, 0.2) is 44.5 Å². The molecule has 110 heavy (non-hydrogen) atoms. The number of thioether (sulfide) groups is 4. The summed E-state index contributed by atoms with van der Waals surface area (Å²) in [5.74, 6) is -0.630. The minimum Gasteiger partial charge on any atom is -0.780 e. The van der Waals surface area contributed by atoms with Crippen molar-refractivity contribution in [1.29, 1.82) is 0 Å². The van der Waals surface area contributed by atoms with Crippen LogP contribution in [0, 0.1) is 0 Å². The van der Waals surface area contributed by atoms with Crippen molar-refractivity contribution in [2.45, 2.75) is 169 Å². The van der Waals surface area contributed by atoms with E-state index in [0.29, 0.717) is 0 Å². The third kappa shape index (κ3) is 18.1. The van der Waals surface area contributed by atoms with Crippen molar-refractivity contribution in [3.05, 3.63) is 66.7 Å². The molecule has 608 valence electrons. The summed E-state index contributed by atoms with van der Waals surface area (Å²) in [5, 5.41) is 15.5. The summed E-state index contributed by atoms with van der Waals surface area (Å²) in [6, 6.07) is 0.